The van der Waals surface area contributed by atoms with Gasteiger partial charge in [0, 0.05) is 36.3 Å². The summed E-state index contributed by atoms with van der Waals surface area (Å²) in [6.07, 6.45) is 5.82. The summed E-state index contributed by atoms with van der Waals surface area (Å²) in [6.45, 7) is 8.38. The molecule has 0 atom stereocenters. The predicted octanol–water partition coefficient (Wildman–Crippen LogP) is 15.7. The SMILES string of the molecule is C=C/C=C\C(=C)c1c2ccccc2c(-c2ccc(-c3ccc4sc5c(ccc6ccc7oc8ccccc8c7c65)c4c3)c3ccccc23)c2ccccc12. The van der Waals surface area contributed by atoms with Crippen molar-refractivity contribution in [1.82, 2.24) is 0 Å². The molecular weight excluding hydrogens is 673 g/mol. The first-order valence-corrected chi connectivity index (χ1v) is 19.1. The Labute approximate surface area is 316 Å². The zero-order valence-electron chi connectivity index (χ0n) is 29.4. The third-order valence-electron chi connectivity index (χ3n) is 11.1. The zero-order valence-corrected chi connectivity index (χ0v) is 30.2. The van der Waals surface area contributed by atoms with E-state index in [-0.39, 0.29) is 0 Å². The lowest BCUT2D eigenvalue weighted by atomic mass is 9.84. The van der Waals surface area contributed by atoms with Gasteiger partial charge in [0.2, 0.25) is 0 Å². The smallest absolute Gasteiger partial charge is 0.136 e. The lowest BCUT2D eigenvalue weighted by molar-refractivity contribution is 0.669. The van der Waals surface area contributed by atoms with E-state index >= 15 is 0 Å². The highest BCUT2D eigenvalue weighted by atomic mass is 32.1. The fourth-order valence-electron chi connectivity index (χ4n) is 8.83. The summed E-state index contributed by atoms with van der Waals surface area (Å²) < 4.78 is 8.91. The molecule has 9 aromatic carbocycles. The highest BCUT2D eigenvalue weighted by molar-refractivity contribution is 7.26. The summed E-state index contributed by atoms with van der Waals surface area (Å²) in [7, 11) is 0. The average Bonchev–Trinajstić information content (AvgIpc) is 3.80. The van der Waals surface area contributed by atoms with Crippen molar-refractivity contribution in [3.8, 4) is 22.3 Å². The van der Waals surface area contributed by atoms with Crippen LogP contribution in [0.15, 0.2) is 187 Å². The van der Waals surface area contributed by atoms with Crippen LogP contribution in [0.1, 0.15) is 5.56 Å². The molecule has 2 aromatic heterocycles. The van der Waals surface area contributed by atoms with Gasteiger partial charge in [-0.2, -0.15) is 0 Å². The Bertz CT molecular complexity index is 3370. The average molecular weight is 705 g/mol. The first-order valence-electron chi connectivity index (χ1n) is 18.3. The largest absolute Gasteiger partial charge is 0.456 e. The standard InChI is InChI=1S/C52H32OS/c1-3-4-13-31(2)48-37-16-7-9-18-39(37)50(40-19-10-8-17-38(40)48)41-27-26-34(35-14-5-6-15-36(35)41)33-24-29-47-44(30-33)42-25-22-32-23-28-46-51(49(32)52(42)54-47)43-20-11-12-21-45(43)53-46/h3-30H,1-2H2/b13-4-. The van der Waals surface area contributed by atoms with Crippen molar-refractivity contribution in [2.45, 2.75) is 0 Å². The maximum atomic E-state index is 6.32. The lowest BCUT2D eigenvalue weighted by Crippen LogP contribution is -1.93. The first-order chi connectivity index (χ1) is 26.7. The molecule has 2 heteroatoms. The third kappa shape index (κ3) is 4.44. The van der Waals surface area contributed by atoms with E-state index in [0.717, 1.165) is 22.3 Å². The Hall–Kier alpha value is -6.74. The van der Waals surface area contributed by atoms with Gasteiger partial charge in [-0.15, -0.1) is 11.3 Å². The van der Waals surface area contributed by atoms with E-state index in [1.807, 2.05) is 23.5 Å². The van der Waals surface area contributed by atoms with Crippen LogP contribution in [0, 0.1) is 0 Å². The van der Waals surface area contributed by atoms with Crippen LogP contribution in [0.2, 0.25) is 0 Å². The first kappa shape index (κ1) is 30.8. The van der Waals surface area contributed by atoms with Crippen LogP contribution in [-0.4, -0.2) is 0 Å². The van der Waals surface area contributed by atoms with Crippen molar-refractivity contribution in [1.29, 1.82) is 0 Å². The molecule has 0 aliphatic heterocycles. The second-order valence-corrected chi connectivity index (χ2v) is 15.1. The van der Waals surface area contributed by atoms with Crippen molar-refractivity contribution in [2.75, 3.05) is 0 Å². The molecule has 0 aliphatic carbocycles. The predicted molar refractivity (Wildman–Crippen MR) is 236 cm³/mol. The summed E-state index contributed by atoms with van der Waals surface area (Å²) in [6, 6.07) is 55.3. The quantitative estimate of drug-likeness (QED) is 0.128. The normalized spacial score (nSPS) is 12.1. The van der Waals surface area contributed by atoms with Crippen LogP contribution in [0.3, 0.4) is 0 Å². The van der Waals surface area contributed by atoms with Crippen molar-refractivity contribution < 1.29 is 4.42 Å². The van der Waals surface area contributed by atoms with Crippen LogP contribution in [0.4, 0.5) is 0 Å². The molecule has 1 nitrogen and oxygen atoms in total. The van der Waals surface area contributed by atoms with Gasteiger partial charge >= 0.3 is 0 Å². The molecule has 0 N–H and O–H groups in total. The van der Waals surface area contributed by atoms with Gasteiger partial charge in [0.05, 0.1) is 0 Å². The Morgan fingerprint density at radius 1 is 0.519 bits per heavy atom. The minimum absolute atomic E-state index is 0.929. The van der Waals surface area contributed by atoms with Crippen LogP contribution in [-0.2, 0) is 0 Å². The molecule has 0 spiro atoms. The maximum Gasteiger partial charge on any atom is 0.136 e. The van der Waals surface area contributed by atoms with Gasteiger partial charge in [0.25, 0.3) is 0 Å². The van der Waals surface area contributed by atoms with E-state index in [1.165, 1.54) is 96.3 Å². The Balaban J connectivity index is 1.14. The highest BCUT2D eigenvalue weighted by Crippen LogP contribution is 2.47. The fourth-order valence-corrected chi connectivity index (χ4v) is 10.1. The van der Waals surface area contributed by atoms with Gasteiger partial charge in [-0.3, -0.25) is 0 Å². The van der Waals surface area contributed by atoms with Gasteiger partial charge in [-0.05, 0) is 95.4 Å². The van der Waals surface area contributed by atoms with E-state index in [0.29, 0.717) is 0 Å². The molecule has 0 amide bonds. The Kier molecular flexibility index (Phi) is 6.79. The van der Waals surface area contributed by atoms with E-state index < -0.39 is 0 Å². The molecule has 11 aromatic rings. The number of hydrogen-bond acceptors (Lipinski definition) is 2. The number of hydrogen-bond donors (Lipinski definition) is 0. The molecule has 0 fully saturated rings. The Morgan fingerprint density at radius 2 is 1.15 bits per heavy atom. The molecule has 0 saturated carbocycles. The number of rotatable bonds is 5. The monoisotopic (exact) mass is 704 g/mol. The van der Waals surface area contributed by atoms with Gasteiger partial charge in [-0.1, -0.05) is 159 Å². The number of fused-ring (bicyclic) bond motifs is 12. The van der Waals surface area contributed by atoms with E-state index in [4.69, 9.17) is 4.42 Å². The second-order valence-electron chi connectivity index (χ2n) is 14.1. The molecule has 0 saturated heterocycles. The molecule has 2 heterocycles. The van der Waals surface area contributed by atoms with E-state index in [1.54, 1.807) is 6.08 Å². The van der Waals surface area contributed by atoms with Crippen molar-refractivity contribution >= 4 is 102 Å². The van der Waals surface area contributed by atoms with Gasteiger partial charge in [0.1, 0.15) is 11.2 Å². The summed E-state index contributed by atoms with van der Waals surface area (Å²) in [4.78, 5) is 0. The summed E-state index contributed by atoms with van der Waals surface area (Å²) in [5.74, 6) is 0. The Morgan fingerprint density at radius 3 is 1.89 bits per heavy atom. The van der Waals surface area contributed by atoms with Gasteiger partial charge in [-0.25, -0.2) is 0 Å². The second kappa shape index (κ2) is 11.9. The minimum Gasteiger partial charge on any atom is -0.456 e. The van der Waals surface area contributed by atoms with Gasteiger partial charge < -0.3 is 4.42 Å². The molecule has 252 valence electrons. The van der Waals surface area contributed by atoms with Crippen molar-refractivity contribution in [2.24, 2.45) is 0 Å². The molecule has 54 heavy (non-hydrogen) atoms. The van der Waals surface area contributed by atoms with Gasteiger partial charge in [0.15, 0.2) is 0 Å². The summed E-state index contributed by atoms with van der Waals surface area (Å²) in [5.41, 5.74) is 8.92. The van der Waals surface area contributed by atoms with E-state index in [9.17, 15) is 0 Å². The maximum absolute atomic E-state index is 6.32. The van der Waals surface area contributed by atoms with Crippen LogP contribution in [0.5, 0.6) is 0 Å². The van der Waals surface area contributed by atoms with Crippen molar-refractivity contribution in [3.63, 3.8) is 0 Å². The van der Waals surface area contributed by atoms with E-state index in [2.05, 4.69) is 165 Å². The van der Waals surface area contributed by atoms with Crippen LogP contribution >= 0.6 is 11.3 Å². The number of benzene rings is 9. The highest BCUT2D eigenvalue weighted by Gasteiger charge is 2.20. The number of furan rings is 1. The molecular formula is C52H32OS. The number of thiophene rings is 1. The lowest BCUT2D eigenvalue weighted by Gasteiger charge is -2.19. The molecule has 11 rings (SSSR count). The molecule has 0 unspecified atom stereocenters. The summed E-state index contributed by atoms with van der Waals surface area (Å²) >= 11 is 1.88. The van der Waals surface area contributed by atoms with Crippen molar-refractivity contribution in [3.05, 3.63) is 189 Å². The van der Waals surface area contributed by atoms with Crippen LogP contribution < -0.4 is 0 Å². The number of allylic oxidation sites excluding steroid dienone is 4. The fraction of sp³-hybridized carbons (Fsp3) is 0. The van der Waals surface area contributed by atoms with Crippen LogP contribution in [0.25, 0.3) is 113 Å². The third-order valence-corrected chi connectivity index (χ3v) is 12.4. The molecule has 0 aliphatic rings. The molecule has 0 radical (unpaired) electrons. The minimum atomic E-state index is 0.929. The zero-order chi connectivity index (χ0) is 35.9. The summed E-state index contributed by atoms with van der Waals surface area (Å²) in [5, 5.41) is 14.7. The number of para-hydroxylation sites is 1. The molecule has 0 bridgehead atoms. The topological polar surface area (TPSA) is 13.1 Å².